The van der Waals surface area contributed by atoms with Gasteiger partial charge in [-0.2, -0.15) is 0 Å². The van der Waals surface area contributed by atoms with Gasteiger partial charge in [0, 0.05) is 5.69 Å². The molecule has 1 radical (unpaired) electrons. The van der Waals surface area contributed by atoms with Gasteiger partial charge in [0.05, 0.1) is 6.54 Å². The van der Waals surface area contributed by atoms with E-state index >= 15 is 0 Å². The Balaban J connectivity index is 0.00000264. The second-order valence-corrected chi connectivity index (χ2v) is 5.50. The molecule has 1 heterocycles. The second-order valence-electron chi connectivity index (χ2n) is 5.50. The number of rotatable bonds is 8. The zero-order chi connectivity index (χ0) is 15.9. The molecule has 2 rings (SSSR count). The van der Waals surface area contributed by atoms with E-state index in [4.69, 9.17) is 4.74 Å². The Kier molecular flexibility index (Phi) is 9.31. The molecule has 0 saturated carbocycles. The number of hydrogen-bond acceptors (Lipinski definition) is 3. The fourth-order valence-electron chi connectivity index (χ4n) is 2.28. The van der Waals surface area contributed by atoms with E-state index in [1.807, 2.05) is 38.6 Å². The van der Waals surface area contributed by atoms with E-state index in [9.17, 15) is 4.79 Å². The van der Waals surface area contributed by atoms with Gasteiger partial charge in [-0.25, -0.2) is 4.79 Å². The van der Waals surface area contributed by atoms with E-state index in [-0.39, 0.29) is 43.2 Å². The number of aryl methyl sites for hydroxylation is 1. The molecule has 1 saturated heterocycles. The van der Waals surface area contributed by atoms with Gasteiger partial charge in [0.2, 0.25) is 7.41 Å². The van der Waals surface area contributed by atoms with Crippen LogP contribution in [-0.2, 0) is 4.74 Å². The fraction of sp³-hybridized carbons (Fsp3) is 0.500. The quantitative estimate of drug-likeness (QED) is 0.291. The zero-order valence-electron chi connectivity index (χ0n) is 13.9. The molecular formula is C16H23BN3O2U. The van der Waals surface area contributed by atoms with Gasteiger partial charge in [-0.1, -0.05) is 37.6 Å². The predicted molar refractivity (Wildman–Crippen MR) is 90.0 cm³/mol. The van der Waals surface area contributed by atoms with Crippen LogP contribution in [0.4, 0.5) is 10.5 Å². The van der Waals surface area contributed by atoms with Crippen molar-refractivity contribution in [3.8, 4) is 0 Å². The molecule has 0 aliphatic carbocycles. The van der Waals surface area contributed by atoms with E-state index in [1.54, 1.807) is 9.71 Å². The number of nitrogens with zero attached hydrogens (tertiary/aromatic N) is 3. The van der Waals surface area contributed by atoms with Crippen molar-refractivity contribution in [3.63, 3.8) is 0 Å². The van der Waals surface area contributed by atoms with Crippen LogP contribution in [0.5, 0.6) is 0 Å². The Morgan fingerprint density at radius 1 is 1.39 bits per heavy atom. The smallest absolute Gasteiger partial charge is 0.661 e. The summed E-state index contributed by atoms with van der Waals surface area (Å²) in [5, 5.41) is 4.37. The molecule has 1 aliphatic heterocycles. The van der Waals surface area contributed by atoms with Crippen molar-refractivity contribution in [3.05, 3.63) is 42.2 Å². The van der Waals surface area contributed by atoms with Crippen LogP contribution >= 0.6 is 0 Å². The molecule has 7 heteroatoms. The van der Waals surface area contributed by atoms with Crippen LogP contribution in [0.3, 0.4) is 0 Å². The van der Waals surface area contributed by atoms with Gasteiger partial charge >= 0.3 is 37.2 Å². The first kappa shape index (κ1) is 20.6. The van der Waals surface area contributed by atoms with Crippen LogP contribution in [0, 0.1) is 45.1 Å². The summed E-state index contributed by atoms with van der Waals surface area (Å²) >= 11 is 0. The number of carbonyl (C=O) groups is 1. The molecule has 23 heavy (non-hydrogen) atoms. The third-order valence-electron chi connectivity index (χ3n) is 3.48. The molecule has 1 amide bonds. The fourth-order valence-corrected chi connectivity index (χ4v) is 2.28. The molecule has 121 valence electrons. The standard InChI is InChI=1S/C16H23BN3O2.U/c1-4-9-18-10-11-19(3)17-15-12-20(16(21)22-15)14-7-5-13(2)6-8-14;/h5-8,15H,3-4,9-12H2,1-2H3;/q-2;+2. The van der Waals surface area contributed by atoms with Gasteiger partial charge in [-0.15, -0.1) is 13.1 Å². The van der Waals surface area contributed by atoms with E-state index < -0.39 is 0 Å². The SMILES string of the molecule is [CH2-]N([B]C1CN(c2ccc(C)cc2)C(=O)O1)CC[N-]CCC.[U+2]. The summed E-state index contributed by atoms with van der Waals surface area (Å²) in [6, 6.07) is 7.58. The number of hydrogen-bond donors (Lipinski definition) is 0. The monoisotopic (exact) mass is 538 g/mol. The van der Waals surface area contributed by atoms with Gasteiger partial charge in [0.15, 0.2) is 0 Å². The molecule has 1 aromatic rings. The Bertz CT molecular complexity index is 487. The van der Waals surface area contributed by atoms with Crippen LogP contribution in [0.2, 0.25) is 0 Å². The maximum atomic E-state index is 12.0. The molecule has 1 fully saturated rings. The summed E-state index contributed by atoms with van der Waals surface area (Å²) in [5.74, 6) is 0. The molecule has 1 atom stereocenters. The summed E-state index contributed by atoms with van der Waals surface area (Å²) in [7, 11) is 5.80. The number of carbonyl (C=O) groups excluding carboxylic acids is 1. The molecular weight excluding hydrogens is 515 g/mol. The largest absolute Gasteiger partial charge is 2.00 e. The van der Waals surface area contributed by atoms with Crippen molar-refractivity contribution in [1.82, 2.24) is 4.81 Å². The van der Waals surface area contributed by atoms with E-state index in [0.717, 1.165) is 31.7 Å². The maximum Gasteiger partial charge on any atom is 2.00 e. The predicted octanol–water partition coefficient (Wildman–Crippen LogP) is 2.77. The van der Waals surface area contributed by atoms with Crippen molar-refractivity contribution in [2.24, 2.45) is 0 Å². The third-order valence-corrected chi connectivity index (χ3v) is 3.48. The summed E-state index contributed by atoms with van der Waals surface area (Å²) in [4.78, 5) is 15.4. The van der Waals surface area contributed by atoms with Crippen molar-refractivity contribution >= 4 is 19.2 Å². The Hall–Kier alpha value is -0.473. The summed E-state index contributed by atoms with van der Waals surface area (Å²) in [6.45, 7) is 7.00. The number of cyclic esters (lactones) is 1. The minimum atomic E-state index is -0.311. The van der Waals surface area contributed by atoms with Gasteiger partial charge in [0.1, 0.15) is 6.00 Å². The average molecular weight is 538 g/mol. The molecule has 1 unspecified atom stereocenters. The Labute approximate surface area is 163 Å². The van der Waals surface area contributed by atoms with Gasteiger partial charge in [0.25, 0.3) is 0 Å². The first-order valence-corrected chi connectivity index (χ1v) is 7.70. The van der Waals surface area contributed by atoms with Crippen LogP contribution in [0.1, 0.15) is 18.9 Å². The van der Waals surface area contributed by atoms with Gasteiger partial charge < -0.3 is 14.9 Å². The first-order chi connectivity index (χ1) is 10.6. The topological polar surface area (TPSA) is 46.9 Å². The summed E-state index contributed by atoms with van der Waals surface area (Å²) < 4.78 is 5.38. The minimum absolute atomic E-state index is 0. The molecule has 0 spiro atoms. The maximum absolute atomic E-state index is 12.0. The zero-order valence-corrected chi connectivity index (χ0v) is 18.0. The van der Waals surface area contributed by atoms with E-state index in [2.05, 4.69) is 19.3 Å². The normalized spacial score (nSPS) is 17.1. The van der Waals surface area contributed by atoms with Crippen molar-refractivity contribution in [2.75, 3.05) is 31.1 Å². The van der Waals surface area contributed by atoms with E-state index in [0.29, 0.717) is 6.54 Å². The summed E-state index contributed by atoms with van der Waals surface area (Å²) in [5.41, 5.74) is 2.03. The Morgan fingerprint density at radius 2 is 2.09 bits per heavy atom. The van der Waals surface area contributed by atoms with Crippen LogP contribution in [0.25, 0.3) is 5.32 Å². The number of ether oxygens (including phenoxy) is 1. The Morgan fingerprint density at radius 3 is 2.74 bits per heavy atom. The van der Waals surface area contributed by atoms with Gasteiger partial charge in [-0.3, -0.25) is 11.9 Å². The van der Waals surface area contributed by atoms with Crippen LogP contribution in [0.15, 0.2) is 24.3 Å². The molecule has 1 aliphatic rings. The van der Waals surface area contributed by atoms with Crippen molar-refractivity contribution in [2.45, 2.75) is 26.3 Å². The summed E-state index contributed by atoms with van der Waals surface area (Å²) in [6.07, 6.45) is 0.751. The third kappa shape index (κ3) is 6.50. The molecule has 0 aromatic heterocycles. The number of benzene rings is 1. The number of anilines is 1. The van der Waals surface area contributed by atoms with Crippen LogP contribution < -0.4 is 4.90 Å². The van der Waals surface area contributed by atoms with Crippen molar-refractivity contribution < 1.29 is 40.6 Å². The minimum Gasteiger partial charge on any atom is -0.661 e. The molecule has 0 bridgehead atoms. The van der Waals surface area contributed by atoms with Gasteiger partial charge in [-0.05, 0) is 19.1 Å². The van der Waals surface area contributed by atoms with E-state index in [1.165, 1.54) is 5.56 Å². The molecule has 5 nitrogen and oxygen atoms in total. The first-order valence-electron chi connectivity index (χ1n) is 7.70. The molecule has 0 N–H and O–H groups in total. The molecule has 1 aromatic carbocycles. The average Bonchev–Trinajstić information content (AvgIpc) is 2.85. The number of amides is 1. The van der Waals surface area contributed by atoms with Crippen LogP contribution in [-0.4, -0.2) is 50.5 Å². The second kappa shape index (κ2) is 10.4. The van der Waals surface area contributed by atoms with Crippen molar-refractivity contribution in [1.29, 1.82) is 0 Å².